The fourth-order valence-corrected chi connectivity index (χ4v) is 3.25. The Morgan fingerprint density at radius 1 is 1.41 bits per heavy atom. The number of Topliss-reactive ketones (excluding diaryl/α,β-unsaturated/α-hetero) is 1. The smallest absolute Gasteiger partial charge is 0.134 e. The molecule has 0 spiro atoms. The van der Waals surface area contributed by atoms with E-state index in [1.807, 2.05) is 0 Å². The van der Waals surface area contributed by atoms with Crippen LogP contribution in [0.1, 0.15) is 32.8 Å². The van der Waals surface area contributed by atoms with Gasteiger partial charge >= 0.3 is 0 Å². The zero-order valence-corrected chi connectivity index (χ0v) is 13.9. The third-order valence-corrected chi connectivity index (χ3v) is 4.75. The average Bonchev–Trinajstić information content (AvgIpc) is 2.48. The molecule has 0 amide bonds. The van der Waals surface area contributed by atoms with Gasteiger partial charge in [0.2, 0.25) is 0 Å². The number of ketones is 1. The molecule has 1 aliphatic heterocycles. The van der Waals surface area contributed by atoms with Crippen LogP contribution in [-0.2, 0) is 11.3 Å². The third kappa shape index (κ3) is 3.86. The van der Waals surface area contributed by atoms with Crippen molar-refractivity contribution >= 4 is 5.78 Å². The van der Waals surface area contributed by atoms with Crippen LogP contribution in [-0.4, -0.2) is 30.9 Å². The molecule has 2 atom stereocenters. The van der Waals surface area contributed by atoms with E-state index in [-0.39, 0.29) is 17.5 Å². The topological polar surface area (TPSA) is 29.5 Å². The molecule has 1 fully saturated rings. The molecular formula is C18H26FNO2. The summed E-state index contributed by atoms with van der Waals surface area (Å²) in [5, 5.41) is 0. The maximum atomic E-state index is 14.1. The van der Waals surface area contributed by atoms with Crippen LogP contribution in [0.5, 0.6) is 5.75 Å². The largest absolute Gasteiger partial charge is 0.496 e. The first kappa shape index (κ1) is 16.9. The van der Waals surface area contributed by atoms with E-state index in [1.54, 1.807) is 26.2 Å². The summed E-state index contributed by atoms with van der Waals surface area (Å²) in [5.74, 6) is 1.61. The Hall–Kier alpha value is -1.42. The Morgan fingerprint density at radius 3 is 2.73 bits per heavy atom. The number of likely N-dealkylation sites (tertiary alicyclic amines) is 1. The van der Waals surface area contributed by atoms with Crippen molar-refractivity contribution in [3.8, 4) is 5.75 Å². The highest BCUT2D eigenvalue weighted by Crippen LogP contribution is 2.31. The molecule has 0 radical (unpaired) electrons. The number of halogens is 1. The van der Waals surface area contributed by atoms with E-state index in [2.05, 4.69) is 18.7 Å². The molecule has 2 rings (SSSR count). The lowest BCUT2D eigenvalue weighted by Gasteiger charge is -2.38. The minimum atomic E-state index is -0.245. The van der Waals surface area contributed by atoms with Crippen molar-refractivity contribution in [3.05, 3.63) is 29.6 Å². The standard InChI is InChI=1S/C18H26FNO2/c1-12(2)14-8-15(13(3)21)10-20(9-14)11-16-17(19)6-5-7-18(16)22-4/h5-7,12,14-15H,8-11H2,1-4H3. The Morgan fingerprint density at radius 2 is 2.14 bits per heavy atom. The van der Waals surface area contributed by atoms with Crippen LogP contribution in [0.15, 0.2) is 18.2 Å². The highest BCUT2D eigenvalue weighted by atomic mass is 19.1. The zero-order valence-electron chi connectivity index (χ0n) is 13.9. The molecule has 22 heavy (non-hydrogen) atoms. The van der Waals surface area contributed by atoms with Gasteiger partial charge in [0.25, 0.3) is 0 Å². The highest BCUT2D eigenvalue weighted by Gasteiger charge is 2.31. The molecule has 122 valence electrons. The third-order valence-electron chi connectivity index (χ3n) is 4.75. The summed E-state index contributed by atoms with van der Waals surface area (Å²) < 4.78 is 19.4. The molecule has 1 heterocycles. The van der Waals surface area contributed by atoms with Crippen molar-refractivity contribution in [3.63, 3.8) is 0 Å². The molecule has 1 saturated heterocycles. The SMILES string of the molecule is COc1cccc(F)c1CN1CC(C(C)=O)CC(C(C)C)C1. The van der Waals surface area contributed by atoms with Crippen molar-refractivity contribution in [1.82, 2.24) is 4.90 Å². The Labute approximate surface area is 132 Å². The number of hydrogen-bond donors (Lipinski definition) is 0. The molecule has 0 saturated carbocycles. The first-order chi connectivity index (χ1) is 10.4. The van der Waals surface area contributed by atoms with Crippen LogP contribution in [0, 0.1) is 23.6 Å². The van der Waals surface area contributed by atoms with Gasteiger partial charge in [0.1, 0.15) is 17.3 Å². The molecule has 1 aliphatic rings. The second-order valence-corrected chi connectivity index (χ2v) is 6.66. The lowest BCUT2D eigenvalue weighted by Crippen LogP contribution is -2.43. The number of rotatable bonds is 5. The molecule has 1 aromatic rings. The molecule has 0 N–H and O–H groups in total. The molecule has 3 nitrogen and oxygen atoms in total. The average molecular weight is 307 g/mol. The number of benzene rings is 1. The number of carbonyl (C=O) groups is 1. The number of piperidine rings is 1. The number of nitrogens with zero attached hydrogens (tertiary/aromatic N) is 1. The first-order valence-electron chi connectivity index (χ1n) is 7.96. The molecule has 1 aromatic carbocycles. The van der Waals surface area contributed by atoms with E-state index in [0.29, 0.717) is 36.2 Å². The molecule has 2 unspecified atom stereocenters. The fraction of sp³-hybridized carbons (Fsp3) is 0.611. The quantitative estimate of drug-likeness (QED) is 0.833. The van der Waals surface area contributed by atoms with Gasteiger partial charge in [-0.3, -0.25) is 9.69 Å². The normalized spacial score (nSPS) is 22.8. The summed E-state index contributed by atoms with van der Waals surface area (Å²) in [6.45, 7) is 8.14. The first-order valence-corrected chi connectivity index (χ1v) is 7.96. The monoisotopic (exact) mass is 307 g/mol. The van der Waals surface area contributed by atoms with Gasteiger partial charge in [-0.2, -0.15) is 0 Å². The second-order valence-electron chi connectivity index (χ2n) is 6.66. The van der Waals surface area contributed by atoms with Crippen molar-refractivity contribution in [2.75, 3.05) is 20.2 Å². The Bertz CT molecular complexity index is 530. The minimum absolute atomic E-state index is 0.0546. The molecule has 0 aliphatic carbocycles. The van der Waals surface area contributed by atoms with Crippen molar-refractivity contribution in [2.45, 2.75) is 33.7 Å². The van der Waals surface area contributed by atoms with Gasteiger partial charge in [0.15, 0.2) is 0 Å². The number of carbonyl (C=O) groups excluding carboxylic acids is 1. The van der Waals surface area contributed by atoms with Crippen LogP contribution in [0.2, 0.25) is 0 Å². The summed E-state index contributed by atoms with van der Waals surface area (Å²) in [7, 11) is 1.56. The fourth-order valence-electron chi connectivity index (χ4n) is 3.25. The van der Waals surface area contributed by atoms with Crippen molar-refractivity contribution in [1.29, 1.82) is 0 Å². The van der Waals surface area contributed by atoms with Gasteiger partial charge in [-0.15, -0.1) is 0 Å². The Kier molecular flexibility index (Phi) is 5.57. The van der Waals surface area contributed by atoms with E-state index in [1.165, 1.54) is 6.07 Å². The van der Waals surface area contributed by atoms with E-state index < -0.39 is 0 Å². The maximum Gasteiger partial charge on any atom is 0.134 e. The van der Waals surface area contributed by atoms with E-state index >= 15 is 0 Å². The van der Waals surface area contributed by atoms with Crippen LogP contribution in [0.25, 0.3) is 0 Å². The molecule has 4 heteroatoms. The predicted octanol–water partition coefficient (Wildman–Crippen LogP) is 3.52. The van der Waals surface area contributed by atoms with Gasteiger partial charge in [-0.1, -0.05) is 19.9 Å². The lowest BCUT2D eigenvalue weighted by molar-refractivity contribution is -0.123. The molecule has 0 bridgehead atoms. The zero-order chi connectivity index (χ0) is 16.3. The van der Waals surface area contributed by atoms with E-state index in [9.17, 15) is 9.18 Å². The van der Waals surface area contributed by atoms with E-state index in [4.69, 9.17) is 4.74 Å². The summed E-state index contributed by atoms with van der Waals surface area (Å²) >= 11 is 0. The number of hydrogen-bond acceptors (Lipinski definition) is 3. The minimum Gasteiger partial charge on any atom is -0.496 e. The number of ether oxygens (including phenoxy) is 1. The van der Waals surface area contributed by atoms with Crippen molar-refractivity contribution < 1.29 is 13.9 Å². The molecule has 0 aromatic heterocycles. The van der Waals surface area contributed by atoms with Gasteiger partial charge in [-0.25, -0.2) is 4.39 Å². The summed E-state index contributed by atoms with van der Waals surface area (Å²) in [6, 6.07) is 4.90. The van der Waals surface area contributed by atoms with Crippen LogP contribution in [0.4, 0.5) is 4.39 Å². The van der Waals surface area contributed by atoms with Crippen molar-refractivity contribution in [2.24, 2.45) is 17.8 Å². The summed E-state index contributed by atoms with van der Waals surface area (Å²) in [4.78, 5) is 14.0. The summed E-state index contributed by atoms with van der Waals surface area (Å²) in [5.41, 5.74) is 0.580. The predicted molar refractivity (Wildman–Crippen MR) is 85.3 cm³/mol. The second kappa shape index (κ2) is 7.23. The maximum absolute atomic E-state index is 14.1. The van der Waals surface area contributed by atoms with Gasteiger partial charge in [-0.05, 0) is 37.3 Å². The van der Waals surface area contributed by atoms with Crippen LogP contribution in [0.3, 0.4) is 0 Å². The van der Waals surface area contributed by atoms with Crippen LogP contribution < -0.4 is 4.74 Å². The summed E-state index contributed by atoms with van der Waals surface area (Å²) in [6.07, 6.45) is 0.942. The highest BCUT2D eigenvalue weighted by molar-refractivity contribution is 5.78. The van der Waals surface area contributed by atoms with Gasteiger partial charge < -0.3 is 4.74 Å². The van der Waals surface area contributed by atoms with Gasteiger partial charge in [0.05, 0.1) is 7.11 Å². The Balaban J connectivity index is 2.19. The van der Waals surface area contributed by atoms with E-state index in [0.717, 1.165) is 13.0 Å². The van der Waals surface area contributed by atoms with Gasteiger partial charge in [0, 0.05) is 31.1 Å². The lowest BCUT2D eigenvalue weighted by atomic mass is 9.81. The van der Waals surface area contributed by atoms with Crippen LogP contribution >= 0.6 is 0 Å². The number of methoxy groups -OCH3 is 1. The molecular weight excluding hydrogens is 281 g/mol.